The Kier molecular flexibility index (Phi) is 6.53. The molecule has 1 aromatic rings. The van der Waals surface area contributed by atoms with Crippen LogP contribution >= 0.6 is 0 Å². The number of nitrogens with zero attached hydrogens (tertiary/aromatic N) is 1. The monoisotopic (exact) mass is 581 g/mol. The highest BCUT2D eigenvalue weighted by atomic mass is 32.2. The molecule has 6 rings (SSSR count). The van der Waals surface area contributed by atoms with Crippen molar-refractivity contribution in [2.24, 2.45) is 11.8 Å². The molecule has 220 valence electrons. The number of fused-ring (bicyclic) bond motifs is 2. The molecular weight excluding hydrogens is 540 g/mol. The highest BCUT2D eigenvalue weighted by Gasteiger charge is 2.62. The first-order valence-electron chi connectivity index (χ1n) is 14.6. The number of ketones is 1. The average molecular weight is 581 g/mol. The van der Waals surface area contributed by atoms with E-state index in [1.165, 1.54) is 4.31 Å². The smallest absolute Gasteiger partial charge is 0.400 e. The number of carbonyl (C=O) groups excluding carboxylic acids is 1. The standard InChI is InChI=1S/C30H41B2NO7S/c1-18-10-12-19(13-11-18)41(35,36)33-16-21-22(17-33)26(32-39-29(6,7)30(8,9)40-32)24-20(14-15-23(24)34)25(21)31-37-27(2,3)28(4,5)38-31/h10-13,20,24H,14-17H2,1-9H3/t20-,24-/m1/s1. The van der Waals surface area contributed by atoms with Crippen LogP contribution in [0.15, 0.2) is 51.3 Å². The Morgan fingerprint density at radius 1 is 0.756 bits per heavy atom. The van der Waals surface area contributed by atoms with Crippen LogP contribution in [0.2, 0.25) is 0 Å². The van der Waals surface area contributed by atoms with Crippen molar-refractivity contribution in [1.29, 1.82) is 0 Å². The van der Waals surface area contributed by atoms with Crippen molar-refractivity contribution < 1.29 is 31.8 Å². The Balaban J connectivity index is 1.53. The maximum absolute atomic E-state index is 14.0. The molecule has 11 heteroatoms. The number of hydrogen-bond donors (Lipinski definition) is 0. The Labute approximate surface area is 245 Å². The van der Waals surface area contributed by atoms with Crippen molar-refractivity contribution in [1.82, 2.24) is 4.31 Å². The Hall–Kier alpha value is -1.75. The van der Waals surface area contributed by atoms with Crippen LogP contribution < -0.4 is 0 Å². The SMILES string of the molecule is Cc1ccc(S(=O)(=O)N2CC3=C(B4OC(C)(C)C(C)(C)O4)[C@H]4C(=O)CC[C@H]4C(B4OC(C)(C)C(C)(C)O4)=C3C2)cc1. The summed E-state index contributed by atoms with van der Waals surface area (Å²) in [5.74, 6) is -0.522. The minimum atomic E-state index is -3.82. The van der Waals surface area contributed by atoms with E-state index in [9.17, 15) is 13.2 Å². The molecule has 0 unspecified atom stereocenters. The van der Waals surface area contributed by atoms with Crippen LogP contribution in [0.3, 0.4) is 0 Å². The fourth-order valence-electron chi connectivity index (χ4n) is 6.69. The molecule has 0 aromatic heterocycles. The van der Waals surface area contributed by atoms with Crippen LogP contribution in [-0.2, 0) is 33.4 Å². The number of sulfonamides is 1. The van der Waals surface area contributed by atoms with E-state index >= 15 is 0 Å². The van der Waals surface area contributed by atoms with E-state index in [1.807, 2.05) is 74.4 Å². The van der Waals surface area contributed by atoms with Crippen LogP contribution in [0.4, 0.5) is 0 Å². The van der Waals surface area contributed by atoms with E-state index in [2.05, 4.69) is 0 Å². The molecule has 3 saturated heterocycles. The van der Waals surface area contributed by atoms with E-state index in [0.29, 0.717) is 12.8 Å². The van der Waals surface area contributed by atoms with E-state index < -0.39 is 52.6 Å². The zero-order valence-corrected chi connectivity index (χ0v) is 26.5. The highest BCUT2D eigenvalue weighted by molar-refractivity contribution is 7.89. The predicted molar refractivity (Wildman–Crippen MR) is 157 cm³/mol. The largest absolute Gasteiger partial charge is 0.491 e. The van der Waals surface area contributed by atoms with E-state index in [4.69, 9.17) is 18.6 Å². The molecule has 0 N–H and O–H groups in total. The number of carbonyl (C=O) groups is 1. The van der Waals surface area contributed by atoms with Crippen LogP contribution in [0.5, 0.6) is 0 Å². The van der Waals surface area contributed by atoms with Gasteiger partial charge in [0, 0.05) is 25.4 Å². The second-order valence-corrected chi connectivity index (χ2v) is 16.2. The molecule has 0 bridgehead atoms. The molecule has 0 radical (unpaired) electrons. The van der Waals surface area contributed by atoms with Crippen molar-refractivity contribution in [2.75, 3.05) is 13.1 Å². The first kappa shape index (κ1) is 29.3. The summed E-state index contributed by atoms with van der Waals surface area (Å²) in [5.41, 5.74) is 1.97. The van der Waals surface area contributed by atoms with Gasteiger partial charge >= 0.3 is 14.2 Å². The fraction of sp³-hybridized carbons (Fsp3) is 0.633. The Bertz CT molecular complexity index is 1440. The number of rotatable bonds is 4. The third-order valence-corrected chi connectivity index (χ3v) is 12.4. The molecule has 3 heterocycles. The Morgan fingerprint density at radius 2 is 1.20 bits per heavy atom. The van der Waals surface area contributed by atoms with Gasteiger partial charge in [0.15, 0.2) is 0 Å². The minimum Gasteiger partial charge on any atom is -0.400 e. The lowest BCUT2D eigenvalue weighted by molar-refractivity contribution is -0.120. The van der Waals surface area contributed by atoms with Gasteiger partial charge in [-0.1, -0.05) is 17.7 Å². The summed E-state index contributed by atoms with van der Waals surface area (Å²) >= 11 is 0. The van der Waals surface area contributed by atoms with E-state index in [1.54, 1.807) is 12.1 Å². The third kappa shape index (κ3) is 4.37. The van der Waals surface area contributed by atoms with Crippen LogP contribution in [-0.4, -0.2) is 68.2 Å². The van der Waals surface area contributed by atoms with Crippen LogP contribution in [0.1, 0.15) is 73.8 Å². The first-order valence-corrected chi connectivity index (χ1v) is 16.1. The van der Waals surface area contributed by atoms with Gasteiger partial charge in [0.1, 0.15) is 5.78 Å². The lowest BCUT2D eigenvalue weighted by Crippen LogP contribution is -2.41. The number of hydrogen-bond acceptors (Lipinski definition) is 7. The summed E-state index contributed by atoms with van der Waals surface area (Å²) in [5, 5.41) is 0. The molecule has 0 amide bonds. The van der Waals surface area contributed by atoms with Gasteiger partial charge < -0.3 is 18.6 Å². The normalized spacial score (nSPS) is 30.4. The van der Waals surface area contributed by atoms with Crippen molar-refractivity contribution in [3.05, 3.63) is 51.9 Å². The molecule has 1 aromatic carbocycles. The molecule has 4 fully saturated rings. The van der Waals surface area contributed by atoms with Crippen LogP contribution in [0, 0.1) is 18.8 Å². The lowest BCUT2D eigenvalue weighted by atomic mass is 9.54. The van der Waals surface area contributed by atoms with Gasteiger partial charge in [-0.3, -0.25) is 4.79 Å². The zero-order chi connectivity index (χ0) is 29.9. The van der Waals surface area contributed by atoms with Crippen LogP contribution in [0.25, 0.3) is 0 Å². The maximum atomic E-state index is 14.0. The van der Waals surface area contributed by atoms with E-state index in [-0.39, 0.29) is 29.7 Å². The minimum absolute atomic E-state index is 0.125. The molecule has 1 saturated carbocycles. The summed E-state index contributed by atoms with van der Waals surface area (Å²) in [4.78, 5) is 13.9. The third-order valence-electron chi connectivity index (χ3n) is 10.6. The zero-order valence-electron chi connectivity index (χ0n) is 25.7. The van der Waals surface area contributed by atoms with Gasteiger partial charge in [0.05, 0.1) is 27.3 Å². The maximum Gasteiger partial charge on any atom is 0.491 e. The Morgan fingerprint density at radius 3 is 1.68 bits per heavy atom. The molecule has 2 atom stereocenters. The molecule has 5 aliphatic rings. The molecule has 0 spiro atoms. The van der Waals surface area contributed by atoms with E-state index in [0.717, 1.165) is 27.7 Å². The molecule has 3 aliphatic heterocycles. The summed E-state index contributed by atoms with van der Waals surface area (Å²) in [6.07, 6.45) is 1.08. The van der Waals surface area contributed by atoms with Crippen molar-refractivity contribution in [2.45, 2.75) is 102 Å². The fourth-order valence-corrected chi connectivity index (χ4v) is 8.06. The number of allylic oxidation sites excluding steroid dienone is 2. The van der Waals surface area contributed by atoms with Gasteiger partial charge in [-0.25, -0.2) is 8.42 Å². The topological polar surface area (TPSA) is 91.4 Å². The van der Waals surface area contributed by atoms with Crippen molar-refractivity contribution in [3.8, 4) is 0 Å². The second-order valence-electron chi connectivity index (χ2n) is 14.2. The average Bonchev–Trinajstić information content (AvgIpc) is 3.55. The number of Topliss-reactive ketones (excluding diaryl/α,β-unsaturated/α-hetero) is 1. The van der Waals surface area contributed by atoms with Gasteiger partial charge in [0.2, 0.25) is 10.0 Å². The molecular formula is C30H41B2NO7S. The van der Waals surface area contributed by atoms with Gasteiger partial charge in [-0.05, 0) is 109 Å². The highest BCUT2D eigenvalue weighted by Crippen LogP contribution is 2.54. The summed E-state index contributed by atoms with van der Waals surface area (Å²) < 4.78 is 55.6. The van der Waals surface area contributed by atoms with Gasteiger partial charge in [0.25, 0.3) is 0 Å². The molecule has 8 nitrogen and oxygen atoms in total. The summed E-state index contributed by atoms with van der Waals surface area (Å²) in [7, 11) is -5.24. The summed E-state index contributed by atoms with van der Waals surface area (Å²) in [6.45, 7) is 18.2. The summed E-state index contributed by atoms with van der Waals surface area (Å²) in [6, 6.07) is 6.92. The predicted octanol–water partition coefficient (Wildman–Crippen LogP) is 4.46. The van der Waals surface area contributed by atoms with Crippen molar-refractivity contribution >= 4 is 30.0 Å². The number of aryl methyl sites for hydroxylation is 1. The first-order chi connectivity index (χ1) is 18.9. The number of benzene rings is 1. The van der Waals surface area contributed by atoms with Gasteiger partial charge in [-0.15, -0.1) is 0 Å². The lowest BCUT2D eigenvalue weighted by Gasteiger charge is -2.34. The molecule has 41 heavy (non-hydrogen) atoms. The second kappa shape index (κ2) is 9.13. The quantitative estimate of drug-likeness (QED) is 0.485. The molecule has 2 aliphatic carbocycles. The van der Waals surface area contributed by atoms with Gasteiger partial charge in [-0.2, -0.15) is 4.31 Å². The van der Waals surface area contributed by atoms with Crippen molar-refractivity contribution in [3.63, 3.8) is 0 Å².